The van der Waals surface area contributed by atoms with Crippen molar-refractivity contribution in [2.24, 2.45) is 0 Å². The third-order valence-electron chi connectivity index (χ3n) is 5.87. The summed E-state index contributed by atoms with van der Waals surface area (Å²) in [6.45, 7) is 4.72. The zero-order valence-electron chi connectivity index (χ0n) is 18.8. The molecule has 7 nitrogen and oxygen atoms in total. The van der Waals surface area contributed by atoms with Gasteiger partial charge in [0.25, 0.3) is 0 Å². The van der Waals surface area contributed by atoms with Gasteiger partial charge in [-0.3, -0.25) is 4.98 Å². The summed E-state index contributed by atoms with van der Waals surface area (Å²) in [7, 11) is 1.64. The number of pyridine rings is 1. The van der Waals surface area contributed by atoms with Crippen molar-refractivity contribution in [3.8, 4) is 11.5 Å². The van der Waals surface area contributed by atoms with E-state index in [1.807, 2.05) is 36.5 Å². The van der Waals surface area contributed by atoms with Crippen molar-refractivity contribution in [1.82, 2.24) is 19.9 Å². The fourth-order valence-electron chi connectivity index (χ4n) is 4.04. The second-order valence-corrected chi connectivity index (χ2v) is 7.93. The van der Waals surface area contributed by atoms with Gasteiger partial charge >= 0.3 is 0 Å². The van der Waals surface area contributed by atoms with E-state index in [2.05, 4.69) is 51.2 Å². The number of nitrogens with one attached hydrogen (secondary N) is 2. The second-order valence-electron chi connectivity index (χ2n) is 7.93. The number of hydrogen-bond donors (Lipinski definition) is 2. The minimum absolute atomic E-state index is 0.512. The molecule has 166 valence electrons. The molecule has 0 atom stereocenters. The van der Waals surface area contributed by atoms with E-state index in [4.69, 9.17) is 9.47 Å². The highest BCUT2D eigenvalue weighted by molar-refractivity contribution is 6.00. The van der Waals surface area contributed by atoms with E-state index >= 15 is 0 Å². The third-order valence-corrected chi connectivity index (χ3v) is 5.87. The Labute approximate surface area is 191 Å². The van der Waals surface area contributed by atoms with Gasteiger partial charge in [0.05, 0.1) is 19.2 Å². The molecule has 0 bridgehead atoms. The van der Waals surface area contributed by atoms with Gasteiger partial charge in [-0.1, -0.05) is 12.1 Å². The number of hydrogen-bond acceptors (Lipinski definition) is 6. The average molecular weight is 440 g/mol. The molecule has 33 heavy (non-hydrogen) atoms. The van der Waals surface area contributed by atoms with Crippen LogP contribution < -0.4 is 14.8 Å². The second kappa shape index (κ2) is 8.78. The lowest BCUT2D eigenvalue weighted by atomic mass is 10.1. The summed E-state index contributed by atoms with van der Waals surface area (Å²) in [5, 5.41) is 5.52. The molecule has 0 aliphatic carbocycles. The van der Waals surface area contributed by atoms with Crippen LogP contribution in [0.1, 0.15) is 16.8 Å². The minimum atomic E-state index is 0.512. The first-order chi connectivity index (χ1) is 16.1. The van der Waals surface area contributed by atoms with Crippen molar-refractivity contribution in [2.45, 2.75) is 20.3 Å². The maximum atomic E-state index is 6.04. The zero-order valence-corrected chi connectivity index (χ0v) is 18.8. The molecule has 2 N–H and O–H groups in total. The van der Waals surface area contributed by atoms with Crippen LogP contribution >= 0.6 is 0 Å². The van der Waals surface area contributed by atoms with Crippen LogP contribution in [0.5, 0.6) is 11.5 Å². The van der Waals surface area contributed by atoms with Crippen LogP contribution in [-0.4, -0.2) is 33.7 Å². The molecular weight excluding hydrogens is 414 g/mol. The molecule has 0 amide bonds. The average Bonchev–Trinajstić information content (AvgIpc) is 3.13. The third kappa shape index (κ3) is 4.05. The van der Waals surface area contributed by atoms with E-state index in [1.54, 1.807) is 19.6 Å². The molecule has 0 saturated heterocycles. The highest BCUT2D eigenvalue weighted by Crippen LogP contribution is 2.36. The lowest BCUT2D eigenvalue weighted by molar-refractivity contribution is 0.298. The molecular formula is C26H25N5O2. The van der Waals surface area contributed by atoms with Crippen molar-refractivity contribution >= 4 is 33.3 Å². The van der Waals surface area contributed by atoms with E-state index < -0.39 is 0 Å². The predicted molar refractivity (Wildman–Crippen MR) is 131 cm³/mol. The lowest BCUT2D eigenvalue weighted by Gasteiger charge is -2.14. The first-order valence-electron chi connectivity index (χ1n) is 10.8. The zero-order chi connectivity index (χ0) is 22.8. The van der Waals surface area contributed by atoms with Gasteiger partial charge in [-0.15, -0.1) is 0 Å². The molecule has 0 saturated carbocycles. The molecule has 2 aromatic carbocycles. The molecule has 0 spiro atoms. The molecule has 5 rings (SSSR count). The topological polar surface area (TPSA) is 85.0 Å². The van der Waals surface area contributed by atoms with Crippen LogP contribution in [-0.2, 0) is 6.42 Å². The fraction of sp³-hybridized carbons (Fsp3) is 0.192. The molecule has 0 fully saturated rings. The van der Waals surface area contributed by atoms with Gasteiger partial charge < -0.3 is 19.8 Å². The summed E-state index contributed by atoms with van der Waals surface area (Å²) in [6.07, 6.45) is 5.93. The normalized spacial score (nSPS) is 11.1. The maximum Gasteiger partial charge on any atom is 0.163 e. The van der Waals surface area contributed by atoms with Crippen LogP contribution in [0, 0.1) is 13.8 Å². The number of anilines is 2. The number of aryl methyl sites for hydroxylation is 2. The number of methoxy groups -OCH3 is 1. The summed E-state index contributed by atoms with van der Waals surface area (Å²) in [6, 6.07) is 13.9. The Kier molecular flexibility index (Phi) is 5.52. The number of ether oxygens (including phenoxy) is 2. The maximum absolute atomic E-state index is 6.04. The largest absolute Gasteiger partial charge is 0.493 e. The van der Waals surface area contributed by atoms with Crippen LogP contribution in [0.15, 0.2) is 61.2 Å². The van der Waals surface area contributed by atoms with Gasteiger partial charge in [0.2, 0.25) is 0 Å². The van der Waals surface area contributed by atoms with Crippen LogP contribution in [0.4, 0.5) is 11.5 Å². The Balaban J connectivity index is 1.46. The van der Waals surface area contributed by atoms with Crippen LogP contribution in [0.3, 0.4) is 0 Å². The standard InChI is InChI=1S/C26H25N5O2/c1-16-17(2)30-20-7-4-8-21(25(16)20)31-26-19-12-23(32-3)24(13-22(19)28-15-29-26)33-11-9-18-6-5-10-27-14-18/h4-8,10,12-15,30H,9,11H2,1-3H3,(H,28,29,31). The summed E-state index contributed by atoms with van der Waals surface area (Å²) in [4.78, 5) is 16.6. The SMILES string of the molecule is COc1cc2c(Nc3cccc4[nH]c(C)c(C)c34)ncnc2cc1OCCc1cccnc1. The Hall–Kier alpha value is -4.13. The molecule has 0 aliphatic heterocycles. The first-order valence-corrected chi connectivity index (χ1v) is 10.8. The number of aromatic amines is 1. The van der Waals surface area contributed by atoms with Crippen molar-refractivity contribution in [3.63, 3.8) is 0 Å². The lowest BCUT2D eigenvalue weighted by Crippen LogP contribution is -2.04. The summed E-state index contributed by atoms with van der Waals surface area (Å²) < 4.78 is 11.7. The highest BCUT2D eigenvalue weighted by atomic mass is 16.5. The van der Waals surface area contributed by atoms with Gasteiger partial charge in [-0.05, 0) is 49.2 Å². The number of aromatic nitrogens is 4. The Bertz CT molecular complexity index is 1430. The first kappa shape index (κ1) is 20.8. The van der Waals surface area contributed by atoms with E-state index in [0.717, 1.165) is 45.2 Å². The van der Waals surface area contributed by atoms with Crippen LogP contribution in [0.2, 0.25) is 0 Å². The van der Waals surface area contributed by atoms with Gasteiger partial charge in [-0.25, -0.2) is 9.97 Å². The summed E-state index contributed by atoms with van der Waals surface area (Å²) >= 11 is 0. The van der Waals surface area contributed by atoms with E-state index in [1.165, 1.54) is 5.56 Å². The number of H-pyrrole nitrogens is 1. The molecule has 5 aromatic rings. The molecule has 7 heteroatoms. The van der Waals surface area contributed by atoms with E-state index in [-0.39, 0.29) is 0 Å². The van der Waals surface area contributed by atoms with Gasteiger partial charge in [-0.2, -0.15) is 0 Å². The Morgan fingerprint density at radius 1 is 1.03 bits per heavy atom. The number of nitrogens with zero attached hydrogens (tertiary/aromatic N) is 3. The van der Waals surface area contributed by atoms with Crippen LogP contribution in [0.25, 0.3) is 21.8 Å². The molecule has 0 radical (unpaired) electrons. The Morgan fingerprint density at radius 2 is 1.94 bits per heavy atom. The van der Waals surface area contributed by atoms with Gasteiger partial charge in [0, 0.05) is 52.6 Å². The van der Waals surface area contributed by atoms with E-state index in [9.17, 15) is 0 Å². The number of rotatable bonds is 7. The number of fused-ring (bicyclic) bond motifs is 2. The molecule has 0 unspecified atom stereocenters. The summed E-state index contributed by atoms with van der Waals surface area (Å²) in [5.74, 6) is 2.00. The van der Waals surface area contributed by atoms with Crippen molar-refractivity contribution in [3.05, 3.63) is 78.0 Å². The summed E-state index contributed by atoms with van der Waals surface area (Å²) in [5.41, 5.74) is 6.35. The van der Waals surface area contributed by atoms with Crippen molar-refractivity contribution in [1.29, 1.82) is 0 Å². The smallest absolute Gasteiger partial charge is 0.163 e. The van der Waals surface area contributed by atoms with Crippen molar-refractivity contribution in [2.75, 3.05) is 19.0 Å². The van der Waals surface area contributed by atoms with E-state index in [0.29, 0.717) is 23.9 Å². The monoisotopic (exact) mass is 439 g/mol. The molecule has 0 aliphatic rings. The number of benzene rings is 2. The predicted octanol–water partition coefficient (Wildman–Crippen LogP) is 5.50. The highest BCUT2D eigenvalue weighted by Gasteiger charge is 2.14. The quantitative estimate of drug-likeness (QED) is 0.348. The van der Waals surface area contributed by atoms with Crippen molar-refractivity contribution < 1.29 is 9.47 Å². The van der Waals surface area contributed by atoms with Gasteiger partial charge in [0.15, 0.2) is 11.5 Å². The molecule has 3 aromatic heterocycles. The van der Waals surface area contributed by atoms with Gasteiger partial charge in [0.1, 0.15) is 12.1 Å². The Morgan fingerprint density at radius 3 is 2.76 bits per heavy atom. The minimum Gasteiger partial charge on any atom is -0.493 e. The fourth-order valence-corrected chi connectivity index (χ4v) is 4.04. The molecule has 3 heterocycles.